The van der Waals surface area contributed by atoms with Crippen molar-refractivity contribution in [3.8, 4) is 11.3 Å². The number of amides is 1. The minimum Gasteiger partial charge on any atom is -0.472 e. The fourth-order valence-corrected chi connectivity index (χ4v) is 3.47. The van der Waals surface area contributed by atoms with Crippen LogP contribution < -0.4 is 0 Å². The minimum absolute atomic E-state index is 0.00867. The van der Waals surface area contributed by atoms with Gasteiger partial charge in [-0.25, -0.2) is 4.39 Å². The van der Waals surface area contributed by atoms with E-state index >= 15 is 0 Å². The van der Waals surface area contributed by atoms with Crippen LogP contribution in [0, 0.1) is 5.82 Å². The number of H-pyrrole nitrogens is 1. The van der Waals surface area contributed by atoms with Gasteiger partial charge in [0.25, 0.3) is 5.91 Å². The van der Waals surface area contributed by atoms with E-state index in [0.717, 1.165) is 42.9 Å². The van der Waals surface area contributed by atoms with Gasteiger partial charge < -0.3 is 9.32 Å². The van der Waals surface area contributed by atoms with Gasteiger partial charge in [0.05, 0.1) is 23.7 Å². The molecule has 4 rings (SSSR count). The summed E-state index contributed by atoms with van der Waals surface area (Å²) in [6, 6.07) is 8.20. The first-order chi connectivity index (χ1) is 13.2. The van der Waals surface area contributed by atoms with Gasteiger partial charge in [0, 0.05) is 43.9 Å². The zero-order valence-corrected chi connectivity index (χ0v) is 14.9. The molecular formula is C20H21FN4O2. The van der Waals surface area contributed by atoms with E-state index in [4.69, 9.17) is 4.42 Å². The quantitative estimate of drug-likeness (QED) is 0.768. The lowest BCUT2D eigenvalue weighted by Gasteiger charge is -2.21. The summed E-state index contributed by atoms with van der Waals surface area (Å²) in [5.74, 6) is -0.259. The van der Waals surface area contributed by atoms with Crippen LogP contribution >= 0.6 is 0 Å². The Morgan fingerprint density at radius 3 is 2.96 bits per heavy atom. The number of halogens is 1. The lowest BCUT2D eigenvalue weighted by molar-refractivity contribution is 0.0760. The van der Waals surface area contributed by atoms with E-state index in [1.54, 1.807) is 18.3 Å². The number of aromatic nitrogens is 2. The topological polar surface area (TPSA) is 65.4 Å². The third kappa shape index (κ3) is 3.93. The van der Waals surface area contributed by atoms with Crippen LogP contribution in [0.1, 0.15) is 22.3 Å². The predicted octanol–water partition coefficient (Wildman–Crippen LogP) is 3.16. The van der Waals surface area contributed by atoms with Gasteiger partial charge in [0.15, 0.2) is 0 Å². The van der Waals surface area contributed by atoms with Crippen molar-refractivity contribution in [2.24, 2.45) is 0 Å². The van der Waals surface area contributed by atoms with Crippen LogP contribution in [0.25, 0.3) is 11.3 Å². The van der Waals surface area contributed by atoms with E-state index in [9.17, 15) is 9.18 Å². The largest absolute Gasteiger partial charge is 0.472 e. The van der Waals surface area contributed by atoms with Crippen molar-refractivity contribution < 1.29 is 13.6 Å². The van der Waals surface area contributed by atoms with E-state index < -0.39 is 0 Å². The van der Waals surface area contributed by atoms with Crippen molar-refractivity contribution >= 4 is 5.91 Å². The summed E-state index contributed by atoms with van der Waals surface area (Å²) >= 11 is 0. The molecule has 1 N–H and O–H groups in total. The fourth-order valence-electron chi connectivity index (χ4n) is 3.47. The second-order valence-corrected chi connectivity index (χ2v) is 6.71. The molecule has 6 nitrogen and oxygen atoms in total. The first-order valence-corrected chi connectivity index (χ1v) is 9.03. The summed E-state index contributed by atoms with van der Waals surface area (Å²) in [4.78, 5) is 16.7. The maximum atomic E-state index is 13.5. The molecule has 0 bridgehead atoms. The Kier molecular flexibility index (Phi) is 5.02. The van der Waals surface area contributed by atoms with Crippen molar-refractivity contribution in [2.75, 3.05) is 26.2 Å². The molecule has 0 saturated carbocycles. The third-order valence-electron chi connectivity index (χ3n) is 4.87. The van der Waals surface area contributed by atoms with Crippen LogP contribution in [0.5, 0.6) is 0 Å². The maximum Gasteiger partial charge on any atom is 0.257 e. The summed E-state index contributed by atoms with van der Waals surface area (Å²) in [7, 11) is 0. The number of nitrogens with one attached hydrogen (secondary N) is 1. The van der Waals surface area contributed by atoms with Crippen LogP contribution in [0.15, 0.2) is 53.5 Å². The van der Waals surface area contributed by atoms with Gasteiger partial charge in [-0.2, -0.15) is 5.10 Å². The molecule has 1 saturated heterocycles. The number of aromatic amines is 1. The zero-order valence-electron chi connectivity index (χ0n) is 14.9. The zero-order chi connectivity index (χ0) is 18.6. The highest BCUT2D eigenvalue weighted by atomic mass is 19.1. The van der Waals surface area contributed by atoms with E-state index in [-0.39, 0.29) is 11.7 Å². The summed E-state index contributed by atoms with van der Waals surface area (Å²) in [6.07, 6.45) is 5.70. The van der Waals surface area contributed by atoms with Gasteiger partial charge >= 0.3 is 0 Å². The normalized spacial score (nSPS) is 15.7. The number of carbonyl (C=O) groups is 1. The van der Waals surface area contributed by atoms with Crippen LogP contribution in [-0.4, -0.2) is 52.1 Å². The Bertz CT molecular complexity index is 906. The Morgan fingerprint density at radius 2 is 2.15 bits per heavy atom. The lowest BCUT2D eigenvalue weighted by atomic mass is 10.1. The van der Waals surface area contributed by atoms with Gasteiger partial charge in [-0.15, -0.1) is 0 Å². The third-order valence-corrected chi connectivity index (χ3v) is 4.87. The lowest BCUT2D eigenvalue weighted by Crippen LogP contribution is -2.34. The van der Waals surface area contributed by atoms with Crippen LogP contribution in [0.2, 0.25) is 0 Å². The molecule has 0 radical (unpaired) electrons. The second kappa shape index (κ2) is 7.75. The van der Waals surface area contributed by atoms with Crippen LogP contribution in [0.4, 0.5) is 4.39 Å². The maximum absolute atomic E-state index is 13.5. The molecule has 2 aromatic heterocycles. The first-order valence-electron chi connectivity index (χ1n) is 9.03. The molecule has 0 spiro atoms. The smallest absolute Gasteiger partial charge is 0.257 e. The molecule has 0 atom stereocenters. The van der Waals surface area contributed by atoms with E-state index in [1.807, 2.05) is 11.0 Å². The molecule has 1 aliphatic heterocycles. The van der Waals surface area contributed by atoms with E-state index in [0.29, 0.717) is 18.7 Å². The molecule has 140 valence electrons. The number of hydrogen-bond donors (Lipinski definition) is 1. The van der Waals surface area contributed by atoms with Crippen molar-refractivity contribution in [1.82, 2.24) is 20.0 Å². The van der Waals surface area contributed by atoms with Crippen LogP contribution in [-0.2, 0) is 6.54 Å². The minimum atomic E-state index is -0.267. The summed E-state index contributed by atoms with van der Waals surface area (Å²) in [5, 5.41) is 7.13. The number of carbonyl (C=O) groups excluding carboxylic acids is 1. The molecule has 0 aliphatic carbocycles. The highest BCUT2D eigenvalue weighted by Crippen LogP contribution is 2.23. The summed E-state index contributed by atoms with van der Waals surface area (Å²) < 4.78 is 18.6. The van der Waals surface area contributed by atoms with Gasteiger partial charge in [0.1, 0.15) is 12.1 Å². The number of hydrogen-bond acceptors (Lipinski definition) is 4. The molecule has 7 heteroatoms. The number of furan rings is 1. The molecule has 1 aromatic carbocycles. The van der Waals surface area contributed by atoms with Crippen molar-refractivity contribution in [3.63, 3.8) is 0 Å². The van der Waals surface area contributed by atoms with E-state index in [2.05, 4.69) is 15.1 Å². The average molecular weight is 368 g/mol. The van der Waals surface area contributed by atoms with Gasteiger partial charge in [-0.1, -0.05) is 12.1 Å². The highest BCUT2D eigenvalue weighted by molar-refractivity contribution is 5.93. The molecule has 27 heavy (non-hydrogen) atoms. The van der Waals surface area contributed by atoms with Gasteiger partial charge in [0.2, 0.25) is 0 Å². The Hall–Kier alpha value is -2.93. The van der Waals surface area contributed by atoms with Crippen molar-refractivity contribution in [1.29, 1.82) is 0 Å². The first kappa shape index (κ1) is 17.5. The number of rotatable bonds is 4. The number of nitrogens with zero attached hydrogens (tertiary/aromatic N) is 3. The van der Waals surface area contributed by atoms with Crippen molar-refractivity contribution in [3.05, 3.63) is 66.0 Å². The molecular weight excluding hydrogens is 347 g/mol. The summed E-state index contributed by atoms with van der Waals surface area (Å²) in [5.41, 5.74) is 3.24. The summed E-state index contributed by atoms with van der Waals surface area (Å²) in [6.45, 7) is 3.76. The standard InChI is InChI=1S/C20H21FN4O2/c21-18-4-1-3-15(11-18)19-17(12-22-23-19)13-24-6-2-7-25(9-8-24)20(26)16-5-10-27-14-16/h1,3-5,10-12,14H,2,6-9,13H2,(H,22,23). The second-order valence-electron chi connectivity index (χ2n) is 6.71. The predicted molar refractivity (Wildman–Crippen MR) is 98.5 cm³/mol. The highest BCUT2D eigenvalue weighted by Gasteiger charge is 2.22. The molecule has 1 aliphatic rings. The van der Waals surface area contributed by atoms with E-state index in [1.165, 1.54) is 24.7 Å². The Morgan fingerprint density at radius 1 is 1.22 bits per heavy atom. The average Bonchev–Trinajstić information content (AvgIpc) is 3.30. The number of benzene rings is 1. The Balaban J connectivity index is 1.43. The SMILES string of the molecule is O=C(c1ccoc1)N1CCCN(Cc2cn[nH]c2-c2cccc(F)c2)CC1. The molecule has 0 unspecified atom stereocenters. The molecule has 3 heterocycles. The van der Waals surface area contributed by atoms with Gasteiger partial charge in [-0.05, 0) is 24.6 Å². The monoisotopic (exact) mass is 368 g/mol. The molecule has 3 aromatic rings. The van der Waals surface area contributed by atoms with Crippen molar-refractivity contribution in [2.45, 2.75) is 13.0 Å². The molecule has 1 fully saturated rings. The van der Waals surface area contributed by atoms with Crippen LogP contribution in [0.3, 0.4) is 0 Å². The fraction of sp³-hybridized carbons (Fsp3) is 0.300. The van der Waals surface area contributed by atoms with Gasteiger partial charge in [-0.3, -0.25) is 14.8 Å². The molecule has 1 amide bonds. The Labute approximate surface area is 156 Å².